The van der Waals surface area contributed by atoms with Crippen LogP contribution in [-0.2, 0) is 9.57 Å². The van der Waals surface area contributed by atoms with Crippen molar-refractivity contribution >= 4 is 23.6 Å². The van der Waals surface area contributed by atoms with Gasteiger partial charge in [0.1, 0.15) is 29.9 Å². The number of benzene rings is 2. The Kier molecular flexibility index (Phi) is 20.6. The monoisotopic (exact) mass is 905 g/mol. The van der Waals surface area contributed by atoms with Crippen molar-refractivity contribution in [3.63, 3.8) is 0 Å². The van der Waals surface area contributed by atoms with E-state index in [1.165, 1.54) is 74.1 Å². The zero-order valence-corrected chi connectivity index (χ0v) is 38.8. The number of unbranched alkanes of at least 4 members (excludes halogenated alkanes) is 11. The van der Waals surface area contributed by atoms with Crippen molar-refractivity contribution in [1.29, 1.82) is 0 Å². The second-order valence-electron chi connectivity index (χ2n) is 17.4. The number of hydrogen-bond acceptors (Lipinski definition) is 12. The Bertz CT molecular complexity index is 1910. The van der Waals surface area contributed by atoms with Gasteiger partial charge in [-0.1, -0.05) is 94.9 Å². The van der Waals surface area contributed by atoms with E-state index in [1.807, 2.05) is 13.0 Å². The number of nitrogens with one attached hydrogen (secondary N) is 1. The van der Waals surface area contributed by atoms with Crippen LogP contribution >= 0.6 is 0 Å². The minimum atomic E-state index is -1.52. The summed E-state index contributed by atoms with van der Waals surface area (Å²) in [4.78, 5) is 45.4. The Hall–Kier alpha value is -4.99. The zero-order chi connectivity index (χ0) is 46.6. The third-order valence-corrected chi connectivity index (χ3v) is 13.0. The Morgan fingerprint density at radius 1 is 0.923 bits per heavy atom. The number of ether oxygens (including phenoxy) is 4. The van der Waals surface area contributed by atoms with Gasteiger partial charge in [0.2, 0.25) is 5.79 Å². The van der Waals surface area contributed by atoms with Crippen LogP contribution in [0.2, 0.25) is 0 Å². The fourth-order valence-corrected chi connectivity index (χ4v) is 9.82. The molecule has 3 N–H and O–H groups in total. The van der Waals surface area contributed by atoms with E-state index in [2.05, 4.69) is 30.1 Å². The number of fused-ring (bicyclic) bond motifs is 2. The Labute approximate surface area is 384 Å². The van der Waals surface area contributed by atoms with Crippen molar-refractivity contribution in [2.45, 2.75) is 141 Å². The van der Waals surface area contributed by atoms with Crippen molar-refractivity contribution in [3.8, 4) is 17.2 Å². The van der Waals surface area contributed by atoms with Gasteiger partial charge in [-0.15, -0.1) is 6.58 Å². The van der Waals surface area contributed by atoms with Crippen molar-refractivity contribution in [1.82, 2.24) is 10.2 Å². The molecule has 2 aromatic carbocycles. The van der Waals surface area contributed by atoms with Gasteiger partial charge in [-0.3, -0.25) is 10.1 Å². The van der Waals surface area contributed by atoms with Crippen molar-refractivity contribution in [2.24, 2.45) is 22.9 Å². The summed E-state index contributed by atoms with van der Waals surface area (Å²) in [7, 11) is 1.60. The fourth-order valence-electron chi connectivity index (χ4n) is 9.82. The second kappa shape index (κ2) is 26.2. The summed E-state index contributed by atoms with van der Waals surface area (Å²) in [5.74, 6) is -1.46. The van der Waals surface area contributed by atoms with E-state index in [4.69, 9.17) is 23.8 Å². The Morgan fingerprint density at radius 3 is 2.23 bits per heavy atom. The molecule has 1 heterocycles. The number of nitro benzene ring substituents is 1. The average molecular weight is 905 g/mol. The van der Waals surface area contributed by atoms with Gasteiger partial charge in [-0.2, -0.15) is 0 Å². The smallest absolute Gasteiger partial charge is 0.415 e. The number of rotatable bonds is 28. The summed E-state index contributed by atoms with van der Waals surface area (Å²) in [6, 6.07) is 9.79. The summed E-state index contributed by atoms with van der Waals surface area (Å²) in [5.41, 5.74) is 2.15. The predicted molar refractivity (Wildman–Crippen MR) is 249 cm³/mol. The fraction of sp³-hybridized carbons (Fsp3) is 0.620. The first kappa shape index (κ1) is 51.0. The molecule has 358 valence electrons. The lowest BCUT2D eigenvalue weighted by atomic mass is 9.55. The van der Waals surface area contributed by atoms with Gasteiger partial charge in [-0.05, 0) is 86.8 Å². The molecule has 1 aliphatic heterocycles. The maximum atomic E-state index is 14.2. The molecule has 1 fully saturated rings. The zero-order valence-electron chi connectivity index (χ0n) is 38.8. The molecule has 5 rings (SSSR count). The third-order valence-electron chi connectivity index (χ3n) is 13.0. The topological polar surface area (TPSA) is 192 Å². The highest BCUT2D eigenvalue weighted by Gasteiger charge is 2.65. The van der Waals surface area contributed by atoms with Gasteiger partial charge < -0.3 is 44.2 Å². The highest BCUT2D eigenvalue weighted by atomic mass is 16.7. The predicted octanol–water partition coefficient (Wildman–Crippen LogP) is 10.4. The van der Waals surface area contributed by atoms with Crippen LogP contribution in [0.25, 0.3) is 0 Å². The maximum Gasteiger partial charge on any atom is 0.415 e. The van der Waals surface area contributed by atoms with Crippen LogP contribution < -0.4 is 19.5 Å². The van der Waals surface area contributed by atoms with Gasteiger partial charge >= 0.3 is 12.2 Å². The standard InChI is InChI=1S/C50H72N4O11/c1-5-8-9-10-11-12-13-14-15-18-29-51-48(57)63-39-27-28-44-42(34-39)46-40(22-17-20-31-56)36(21-16-19-30-55)33-41-43(52-62-7-3)35-45(50(65-44,47(41)46)61-32-6-2)53(4)49(58)64-38-25-23-37(24-26-38)54(59)60/h6,23-28,33-34,36,40,45-47,55-56H,2,5,7-22,29-32,35H2,1,3-4H3,(H,51,57). The van der Waals surface area contributed by atoms with Crippen molar-refractivity contribution in [3.05, 3.63) is 82.4 Å². The quantitative estimate of drug-likeness (QED) is 0.0319. The van der Waals surface area contributed by atoms with Gasteiger partial charge in [0.25, 0.3) is 5.69 Å². The Morgan fingerprint density at radius 2 is 1.58 bits per heavy atom. The molecule has 65 heavy (non-hydrogen) atoms. The highest BCUT2D eigenvalue weighted by molar-refractivity contribution is 6.03. The molecule has 3 aliphatic rings. The molecule has 15 heteroatoms. The van der Waals surface area contributed by atoms with Gasteiger partial charge in [0.15, 0.2) is 0 Å². The molecule has 2 amide bonds. The van der Waals surface area contributed by atoms with Crippen LogP contribution in [0.3, 0.4) is 0 Å². The molecular weight excluding hydrogens is 833 g/mol. The second-order valence-corrected chi connectivity index (χ2v) is 17.4. The summed E-state index contributed by atoms with van der Waals surface area (Å²) in [5, 5.41) is 38.7. The molecular formula is C50H72N4O11. The maximum absolute atomic E-state index is 14.2. The molecule has 1 saturated carbocycles. The molecule has 0 saturated heterocycles. The number of hydrogen-bond donors (Lipinski definition) is 3. The number of allylic oxidation sites excluding steroid dienone is 1. The lowest BCUT2D eigenvalue weighted by molar-refractivity contribution is -0.384. The van der Waals surface area contributed by atoms with E-state index >= 15 is 0 Å². The van der Waals surface area contributed by atoms with E-state index in [0.717, 1.165) is 56.1 Å². The Balaban J connectivity index is 1.50. The average Bonchev–Trinajstić information content (AvgIpc) is 3.30. The first-order valence-corrected chi connectivity index (χ1v) is 24.0. The molecule has 0 bridgehead atoms. The molecule has 0 spiro atoms. The number of non-ortho nitro benzene ring substituents is 1. The first-order valence-electron chi connectivity index (χ1n) is 24.0. The SMILES string of the molecule is C=CCOC12Oc3ccc(OC(=O)NCCCCCCCCCCCC)cc3C3C(CCCCO)C(CCCCO)C=C(C(=NOCC)CC1N(C)C(=O)Oc1ccc([N+](=O)[O-])cc1)C32. The van der Waals surface area contributed by atoms with Crippen LogP contribution in [0.1, 0.15) is 134 Å². The van der Waals surface area contributed by atoms with Gasteiger partial charge in [0, 0.05) is 56.8 Å². The largest absolute Gasteiger partial charge is 0.459 e. The number of amides is 2. The van der Waals surface area contributed by atoms with E-state index in [-0.39, 0.29) is 55.4 Å². The number of nitrogens with zero attached hydrogens (tertiary/aromatic N) is 3. The summed E-state index contributed by atoms with van der Waals surface area (Å²) in [6.45, 7) is 9.03. The summed E-state index contributed by atoms with van der Waals surface area (Å²) >= 11 is 0. The molecule has 2 aromatic rings. The summed E-state index contributed by atoms with van der Waals surface area (Å²) < 4.78 is 25.8. The molecule has 6 atom stereocenters. The number of aliphatic hydroxyl groups excluding tert-OH is 2. The van der Waals surface area contributed by atoms with Gasteiger partial charge in [0.05, 0.1) is 23.2 Å². The number of carbonyl (C=O) groups excluding carboxylic acids is 2. The molecule has 15 nitrogen and oxygen atoms in total. The first-order chi connectivity index (χ1) is 31.6. The number of nitro groups is 1. The number of likely N-dealkylation sites (N-methyl/N-ethyl adjacent to an activating group) is 1. The van der Waals surface area contributed by atoms with Crippen LogP contribution in [-0.4, -0.2) is 89.8 Å². The number of aliphatic hydroxyl groups is 2. The third kappa shape index (κ3) is 13.5. The summed E-state index contributed by atoms with van der Waals surface area (Å²) in [6.07, 6.45) is 19.0. The number of oxime groups is 1. The lowest BCUT2D eigenvalue weighted by Gasteiger charge is -2.59. The molecule has 6 unspecified atom stereocenters. The van der Waals surface area contributed by atoms with Crippen LogP contribution in [0, 0.1) is 27.9 Å². The van der Waals surface area contributed by atoms with Crippen LogP contribution in [0.5, 0.6) is 17.2 Å². The van der Waals surface area contributed by atoms with Crippen LogP contribution in [0.15, 0.2) is 71.9 Å². The molecule has 0 radical (unpaired) electrons. The van der Waals surface area contributed by atoms with Gasteiger partial charge in [-0.25, -0.2) is 9.59 Å². The van der Waals surface area contributed by atoms with Crippen molar-refractivity contribution < 1.29 is 48.5 Å². The lowest BCUT2D eigenvalue weighted by Crippen LogP contribution is -2.69. The normalized spacial score (nSPS) is 22.4. The molecule has 2 aliphatic carbocycles. The van der Waals surface area contributed by atoms with E-state index in [9.17, 15) is 29.9 Å². The minimum absolute atomic E-state index is 0.0155. The molecule has 0 aromatic heterocycles. The van der Waals surface area contributed by atoms with Crippen LogP contribution in [0.4, 0.5) is 15.3 Å². The van der Waals surface area contributed by atoms with E-state index in [0.29, 0.717) is 43.2 Å². The minimum Gasteiger partial charge on any atom is -0.459 e. The van der Waals surface area contributed by atoms with E-state index in [1.54, 1.807) is 25.3 Å². The van der Waals surface area contributed by atoms with E-state index < -0.39 is 34.9 Å². The highest BCUT2D eigenvalue weighted by Crippen LogP contribution is 2.62. The number of carbonyl (C=O) groups is 2. The van der Waals surface area contributed by atoms with Crippen molar-refractivity contribution in [2.75, 3.05) is 40.0 Å².